The van der Waals surface area contributed by atoms with E-state index < -0.39 is 0 Å². The summed E-state index contributed by atoms with van der Waals surface area (Å²) in [4.78, 5) is 0. The van der Waals surface area contributed by atoms with Gasteiger partial charge >= 0.3 is 0 Å². The van der Waals surface area contributed by atoms with Gasteiger partial charge in [-0.2, -0.15) is 5.10 Å². The van der Waals surface area contributed by atoms with Crippen LogP contribution in [0.2, 0.25) is 0 Å². The Bertz CT molecular complexity index is 371. The molecule has 1 aliphatic heterocycles. The van der Waals surface area contributed by atoms with E-state index in [-0.39, 0.29) is 6.04 Å². The lowest BCUT2D eigenvalue weighted by Gasteiger charge is -2.29. The van der Waals surface area contributed by atoms with Crippen molar-refractivity contribution in [3.8, 4) is 0 Å². The predicted octanol–water partition coefficient (Wildman–Crippen LogP) is 0.783. The molecule has 1 aromatic rings. The van der Waals surface area contributed by atoms with Crippen molar-refractivity contribution in [2.75, 3.05) is 13.2 Å². The number of aromatic nitrogens is 2. The summed E-state index contributed by atoms with van der Waals surface area (Å²) in [5.74, 6) is 6.21. The molecule has 1 aromatic heterocycles. The minimum absolute atomic E-state index is 0.269. The fraction of sp³-hybridized carbons (Fsp3) is 0.769. The van der Waals surface area contributed by atoms with Crippen molar-refractivity contribution in [1.82, 2.24) is 15.2 Å². The molecule has 1 aliphatic rings. The van der Waals surface area contributed by atoms with Crippen molar-refractivity contribution in [3.63, 3.8) is 0 Å². The molecule has 2 heterocycles. The van der Waals surface area contributed by atoms with E-state index in [4.69, 9.17) is 10.6 Å². The SMILES string of the molecule is CCc1cc(CC(NN)C2CCCOC2)n(C)n1. The van der Waals surface area contributed by atoms with Crippen LogP contribution in [0, 0.1) is 5.92 Å². The van der Waals surface area contributed by atoms with Crippen molar-refractivity contribution >= 4 is 0 Å². The Hall–Kier alpha value is -0.910. The van der Waals surface area contributed by atoms with Crippen LogP contribution in [-0.4, -0.2) is 29.0 Å². The molecule has 0 aromatic carbocycles. The average molecular weight is 252 g/mol. The van der Waals surface area contributed by atoms with E-state index in [9.17, 15) is 0 Å². The van der Waals surface area contributed by atoms with E-state index in [2.05, 4.69) is 23.5 Å². The van der Waals surface area contributed by atoms with E-state index in [0.29, 0.717) is 5.92 Å². The normalized spacial score (nSPS) is 22.1. The quantitative estimate of drug-likeness (QED) is 0.600. The largest absolute Gasteiger partial charge is 0.381 e. The van der Waals surface area contributed by atoms with E-state index in [0.717, 1.165) is 38.2 Å². The van der Waals surface area contributed by atoms with Crippen molar-refractivity contribution in [1.29, 1.82) is 0 Å². The molecule has 102 valence electrons. The Kier molecular flexibility index (Phi) is 4.74. The Morgan fingerprint density at radius 1 is 1.67 bits per heavy atom. The summed E-state index contributed by atoms with van der Waals surface area (Å²) >= 11 is 0. The molecule has 3 N–H and O–H groups in total. The third kappa shape index (κ3) is 3.10. The van der Waals surface area contributed by atoms with Crippen molar-refractivity contribution in [2.45, 2.75) is 38.6 Å². The van der Waals surface area contributed by atoms with Gasteiger partial charge in [0.15, 0.2) is 0 Å². The maximum atomic E-state index is 5.71. The summed E-state index contributed by atoms with van der Waals surface area (Å²) in [5, 5.41) is 4.48. The molecule has 2 atom stereocenters. The Morgan fingerprint density at radius 3 is 3.06 bits per heavy atom. The van der Waals surface area contributed by atoms with Crippen LogP contribution in [0.15, 0.2) is 6.07 Å². The highest BCUT2D eigenvalue weighted by atomic mass is 16.5. The van der Waals surface area contributed by atoms with Crippen molar-refractivity contribution < 1.29 is 4.74 Å². The Labute approximate surface area is 109 Å². The molecule has 0 saturated carbocycles. The van der Waals surface area contributed by atoms with Crippen LogP contribution in [0.25, 0.3) is 0 Å². The molecule has 2 unspecified atom stereocenters. The average Bonchev–Trinajstić information content (AvgIpc) is 2.77. The molecule has 0 spiro atoms. The van der Waals surface area contributed by atoms with Gasteiger partial charge in [0.1, 0.15) is 0 Å². The molecule has 2 rings (SSSR count). The number of nitrogens with one attached hydrogen (secondary N) is 1. The number of nitrogens with zero attached hydrogens (tertiary/aromatic N) is 2. The van der Waals surface area contributed by atoms with E-state index >= 15 is 0 Å². The summed E-state index contributed by atoms with van der Waals surface area (Å²) in [6, 6.07) is 2.44. The first kappa shape index (κ1) is 13.5. The van der Waals surface area contributed by atoms with Crippen LogP contribution in [-0.2, 0) is 24.6 Å². The molecule has 1 saturated heterocycles. The lowest BCUT2D eigenvalue weighted by molar-refractivity contribution is 0.0390. The van der Waals surface area contributed by atoms with Gasteiger partial charge in [0.2, 0.25) is 0 Å². The maximum Gasteiger partial charge on any atom is 0.0624 e. The summed E-state index contributed by atoms with van der Waals surface area (Å²) in [5.41, 5.74) is 5.33. The predicted molar refractivity (Wildman–Crippen MR) is 70.9 cm³/mol. The maximum absolute atomic E-state index is 5.71. The number of nitrogens with two attached hydrogens (primary N) is 1. The van der Waals surface area contributed by atoms with Gasteiger partial charge in [0.05, 0.1) is 12.3 Å². The minimum atomic E-state index is 0.269. The summed E-state index contributed by atoms with van der Waals surface area (Å²) < 4.78 is 7.51. The fourth-order valence-corrected chi connectivity index (χ4v) is 2.61. The highest BCUT2D eigenvalue weighted by Crippen LogP contribution is 2.20. The molecular formula is C13H24N4O. The third-order valence-electron chi connectivity index (χ3n) is 3.80. The van der Waals surface area contributed by atoms with Crippen LogP contribution in [0.4, 0.5) is 0 Å². The second-order valence-electron chi connectivity index (χ2n) is 5.06. The molecular weight excluding hydrogens is 228 g/mol. The molecule has 0 aliphatic carbocycles. The zero-order valence-corrected chi connectivity index (χ0v) is 11.4. The van der Waals surface area contributed by atoms with Crippen LogP contribution >= 0.6 is 0 Å². The van der Waals surface area contributed by atoms with Gasteiger partial charge in [-0.3, -0.25) is 16.0 Å². The highest BCUT2D eigenvalue weighted by molar-refractivity contribution is 5.12. The molecule has 5 heteroatoms. The van der Waals surface area contributed by atoms with Gasteiger partial charge in [0.25, 0.3) is 0 Å². The van der Waals surface area contributed by atoms with Crippen LogP contribution in [0.5, 0.6) is 0 Å². The number of ether oxygens (including phenoxy) is 1. The van der Waals surface area contributed by atoms with Gasteiger partial charge in [-0.05, 0) is 31.2 Å². The molecule has 0 bridgehead atoms. The van der Waals surface area contributed by atoms with E-state index in [1.807, 2.05) is 11.7 Å². The van der Waals surface area contributed by atoms with Crippen molar-refractivity contribution in [3.05, 3.63) is 17.5 Å². The van der Waals surface area contributed by atoms with Crippen molar-refractivity contribution in [2.24, 2.45) is 18.8 Å². The monoisotopic (exact) mass is 252 g/mol. The Balaban J connectivity index is 2.02. The first-order valence-corrected chi connectivity index (χ1v) is 6.80. The number of aryl methyl sites for hydroxylation is 2. The van der Waals surface area contributed by atoms with Gasteiger partial charge in [0, 0.05) is 31.8 Å². The number of hydrogen-bond donors (Lipinski definition) is 2. The second-order valence-corrected chi connectivity index (χ2v) is 5.06. The smallest absolute Gasteiger partial charge is 0.0624 e. The zero-order chi connectivity index (χ0) is 13.0. The topological polar surface area (TPSA) is 65.1 Å². The molecule has 18 heavy (non-hydrogen) atoms. The first-order valence-electron chi connectivity index (χ1n) is 6.80. The zero-order valence-electron chi connectivity index (χ0n) is 11.4. The van der Waals surface area contributed by atoms with Gasteiger partial charge in [-0.25, -0.2) is 0 Å². The standard InChI is InChI=1S/C13H24N4O/c1-3-11-7-12(17(2)16-11)8-13(15-14)10-5-4-6-18-9-10/h7,10,13,15H,3-6,8-9,14H2,1-2H3. The number of rotatable bonds is 5. The molecule has 0 radical (unpaired) electrons. The molecule has 5 nitrogen and oxygen atoms in total. The van der Waals surface area contributed by atoms with Crippen LogP contribution in [0.1, 0.15) is 31.2 Å². The molecule has 1 fully saturated rings. The lowest BCUT2D eigenvalue weighted by atomic mass is 9.91. The summed E-state index contributed by atoms with van der Waals surface area (Å²) in [6.45, 7) is 3.83. The second kappa shape index (κ2) is 6.31. The molecule has 0 amide bonds. The highest BCUT2D eigenvalue weighted by Gasteiger charge is 2.24. The van der Waals surface area contributed by atoms with Crippen LogP contribution < -0.4 is 11.3 Å². The van der Waals surface area contributed by atoms with E-state index in [1.165, 1.54) is 12.1 Å². The summed E-state index contributed by atoms with van der Waals surface area (Å²) in [7, 11) is 2.00. The van der Waals surface area contributed by atoms with Gasteiger partial charge < -0.3 is 4.74 Å². The Morgan fingerprint density at radius 2 is 2.50 bits per heavy atom. The van der Waals surface area contributed by atoms with E-state index in [1.54, 1.807) is 0 Å². The number of hydrazine groups is 1. The fourth-order valence-electron chi connectivity index (χ4n) is 2.61. The third-order valence-corrected chi connectivity index (χ3v) is 3.80. The van der Waals surface area contributed by atoms with Gasteiger partial charge in [-0.15, -0.1) is 0 Å². The van der Waals surface area contributed by atoms with Gasteiger partial charge in [-0.1, -0.05) is 6.92 Å². The summed E-state index contributed by atoms with van der Waals surface area (Å²) in [6.07, 6.45) is 4.21. The lowest BCUT2D eigenvalue weighted by Crippen LogP contribution is -2.45. The minimum Gasteiger partial charge on any atom is -0.381 e. The first-order chi connectivity index (χ1) is 8.74. The van der Waals surface area contributed by atoms with Crippen LogP contribution in [0.3, 0.4) is 0 Å². The number of hydrogen-bond acceptors (Lipinski definition) is 4.